The molecule has 0 spiro atoms. The summed E-state index contributed by atoms with van der Waals surface area (Å²) < 4.78 is 66.1. The molecule has 3 nitrogen and oxygen atoms in total. The maximum Gasteiger partial charge on any atom is 0.267 e. The predicted molar refractivity (Wildman–Crippen MR) is 71.0 cm³/mol. The van der Waals surface area contributed by atoms with Crippen LogP contribution >= 0.6 is 0 Å². The first-order valence-corrected chi connectivity index (χ1v) is 7.60. The van der Waals surface area contributed by atoms with E-state index in [1.54, 1.807) is 0 Å². The van der Waals surface area contributed by atoms with Crippen LogP contribution in [0.1, 0.15) is 5.56 Å². The number of halogens is 3. The maximum absolute atomic E-state index is 13.7. The standard InChI is InChI=1S/C14H10F3NO2S/c15-10-2-1-9-5-6-18(13(9)7-10)21(19,20)14-8-11(16)3-4-12(14)17/h1-4,7-8H,5-6H2. The van der Waals surface area contributed by atoms with Gasteiger partial charge in [0, 0.05) is 6.54 Å². The highest BCUT2D eigenvalue weighted by atomic mass is 32.2. The highest BCUT2D eigenvalue weighted by Crippen LogP contribution is 2.34. The lowest BCUT2D eigenvalue weighted by molar-refractivity contribution is 0.551. The Balaban J connectivity index is 2.13. The normalized spacial score (nSPS) is 14.3. The zero-order valence-corrected chi connectivity index (χ0v) is 11.5. The summed E-state index contributed by atoms with van der Waals surface area (Å²) in [6.45, 7) is 0.0665. The van der Waals surface area contributed by atoms with Crippen LogP contribution in [0.15, 0.2) is 41.3 Å². The van der Waals surface area contributed by atoms with Crippen LogP contribution in [0.5, 0.6) is 0 Å². The number of hydrogen-bond acceptors (Lipinski definition) is 2. The van der Waals surface area contributed by atoms with Gasteiger partial charge in [-0.25, -0.2) is 21.6 Å². The van der Waals surface area contributed by atoms with Gasteiger partial charge in [-0.15, -0.1) is 0 Å². The molecule has 7 heteroatoms. The van der Waals surface area contributed by atoms with E-state index in [0.29, 0.717) is 18.1 Å². The number of hydrogen-bond donors (Lipinski definition) is 0. The fourth-order valence-electron chi connectivity index (χ4n) is 2.37. The van der Waals surface area contributed by atoms with Gasteiger partial charge in [-0.3, -0.25) is 4.31 Å². The van der Waals surface area contributed by atoms with Crippen molar-refractivity contribution >= 4 is 15.7 Å². The Bertz CT molecular complexity index is 821. The summed E-state index contributed by atoms with van der Waals surface area (Å²) in [4.78, 5) is -0.750. The molecule has 2 aromatic carbocycles. The van der Waals surface area contributed by atoms with Crippen LogP contribution in [0.4, 0.5) is 18.9 Å². The van der Waals surface area contributed by atoms with Crippen LogP contribution in [-0.4, -0.2) is 15.0 Å². The summed E-state index contributed by atoms with van der Waals surface area (Å²) in [7, 11) is -4.27. The first-order chi connectivity index (χ1) is 9.89. The van der Waals surface area contributed by atoms with Gasteiger partial charge in [-0.2, -0.15) is 0 Å². The van der Waals surface area contributed by atoms with Gasteiger partial charge in [-0.1, -0.05) is 6.07 Å². The quantitative estimate of drug-likeness (QED) is 0.855. The third kappa shape index (κ3) is 2.27. The lowest BCUT2D eigenvalue weighted by atomic mass is 10.2. The van der Waals surface area contributed by atoms with Crippen molar-refractivity contribution in [1.29, 1.82) is 0 Å². The summed E-state index contributed by atoms with van der Waals surface area (Å²) in [6, 6.07) is 6.02. The molecule has 3 rings (SSSR count). The average molecular weight is 313 g/mol. The molecular weight excluding hydrogens is 303 g/mol. The molecule has 110 valence electrons. The second kappa shape index (κ2) is 4.77. The van der Waals surface area contributed by atoms with Crippen molar-refractivity contribution in [2.45, 2.75) is 11.3 Å². The summed E-state index contributed by atoms with van der Waals surface area (Å²) >= 11 is 0. The molecule has 2 aromatic rings. The first kappa shape index (κ1) is 13.9. The summed E-state index contributed by atoms with van der Waals surface area (Å²) in [6.07, 6.45) is 0.395. The number of nitrogens with zero attached hydrogens (tertiary/aromatic N) is 1. The monoisotopic (exact) mass is 313 g/mol. The number of benzene rings is 2. The van der Waals surface area contributed by atoms with Crippen LogP contribution < -0.4 is 4.31 Å². The van der Waals surface area contributed by atoms with Crippen LogP contribution in [0.25, 0.3) is 0 Å². The topological polar surface area (TPSA) is 37.4 Å². The maximum atomic E-state index is 13.7. The molecule has 1 aliphatic rings. The van der Waals surface area contributed by atoms with Crippen molar-refractivity contribution in [3.8, 4) is 0 Å². The first-order valence-electron chi connectivity index (χ1n) is 6.16. The molecule has 1 heterocycles. The molecule has 0 aromatic heterocycles. The summed E-state index contributed by atoms with van der Waals surface area (Å²) in [5.41, 5.74) is 0.815. The Kier molecular flexibility index (Phi) is 3.16. The van der Waals surface area contributed by atoms with E-state index in [-0.39, 0.29) is 12.2 Å². The Hall–Kier alpha value is -2.02. The minimum Gasteiger partial charge on any atom is -0.266 e. The van der Waals surface area contributed by atoms with Crippen molar-refractivity contribution in [1.82, 2.24) is 0 Å². The van der Waals surface area contributed by atoms with Gasteiger partial charge in [0.1, 0.15) is 22.3 Å². The zero-order valence-electron chi connectivity index (χ0n) is 10.7. The van der Waals surface area contributed by atoms with E-state index in [1.807, 2.05) is 0 Å². The largest absolute Gasteiger partial charge is 0.267 e. The number of fused-ring (bicyclic) bond motifs is 1. The molecule has 1 aliphatic heterocycles. The highest BCUT2D eigenvalue weighted by Gasteiger charge is 2.33. The molecule has 0 bridgehead atoms. The molecule has 0 radical (unpaired) electrons. The van der Waals surface area contributed by atoms with Crippen molar-refractivity contribution in [2.24, 2.45) is 0 Å². The van der Waals surface area contributed by atoms with E-state index < -0.39 is 32.4 Å². The minimum atomic E-state index is -4.27. The Morgan fingerprint density at radius 2 is 1.62 bits per heavy atom. The lowest BCUT2D eigenvalue weighted by Gasteiger charge is -2.20. The molecule has 0 unspecified atom stereocenters. The molecule has 0 saturated carbocycles. The van der Waals surface area contributed by atoms with Gasteiger partial charge in [0.15, 0.2) is 0 Å². The number of anilines is 1. The van der Waals surface area contributed by atoms with Crippen molar-refractivity contribution in [3.05, 3.63) is 59.4 Å². The van der Waals surface area contributed by atoms with E-state index in [0.717, 1.165) is 22.5 Å². The fraction of sp³-hybridized carbons (Fsp3) is 0.143. The van der Waals surface area contributed by atoms with Gasteiger partial charge < -0.3 is 0 Å². The smallest absolute Gasteiger partial charge is 0.266 e. The third-order valence-corrected chi connectivity index (χ3v) is 5.19. The fourth-order valence-corrected chi connectivity index (χ4v) is 3.94. The van der Waals surface area contributed by atoms with E-state index in [9.17, 15) is 21.6 Å². The van der Waals surface area contributed by atoms with Gasteiger partial charge >= 0.3 is 0 Å². The highest BCUT2D eigenvalue weighted by molar-refractivity contribution is 7.92. The van der Waals surface area contributed by atoms with Gasteiger partial charge in [0.25, 0.3) is 10.0 Å². The van der Waals surface area contributed by atoms with E-state index in [2.05, 4.69) is 0 Å². The summed E-state index contributed by atoms with van der Waals surface area (Å²) in [5, 5.41) is 0. The van der Waals surface area contributed by atoms with Gasteiger partial charge in [0.05, 0.1) is 5.69 Å². The molecule has 0 saturated heterocycles. The molecule has 0 N–H and O–H groups in total. The van der Waals surface area contributed by atoms with Crippen LogP contribution in [0, 0.1) is 17.5 Å². The Labute approximate surface area is 119 Å². The molecule has 0 aliphatic carbocycles. The second-order valence-corrected chi connectivity index (χ2v) is 6.51. The van der Waals surface area contributed by atoms with Crippen LogP contribution in [-0.2, 0) is 16.4 Å². The van der Waals surface area contributed by atoms with E-state index in [4.69, 9.17) is 0 Å². The number of sulfonamides is 1. The van der Waals surface area contributed by atoms with Crippen molar-refractivity contribution < 1.29 is 21.6 Å². The van der Waals surface area contributed by atoms with E-state index >= 15 is 0 Å². The molecule has 0 atom stereocenters. The Morgan fingerprint density at radius 1 is 0.952 bits per heavy atom. The second-order valence-electron chi connectivity index (χ2n) is 4.67. The number of rotatable bonds is 2. The average Bonchev–Trinajstić information content (AvgIpc) is 2.85. The molecule has 0 fully saturated rings. The van der Waals surface area contributed by atoms with Crippen LogP contribution in [0.3, 0.4) is 0 Å². The molecule has 0 amide bonds. The molecular formula is C14H10F3NO2S. The van der Waals surface area contributed by atoms with Crippen LogP contribution in [0.2, 0.25) is 0 Å². The summed E-state index contributed by atoms with van der Waals surface area (Å²) in [5.74, 6) is -2.48. The predicted octanol–water partition coefficient (Wildman–Crippen LogP) is 2.86. The van der Waals surface area contributed by atoms with E-state index in [1.165, 1.54) is 12.1 Å². The van der Waals surface area contributed by atoms with Gasteiger partial charge in [0.2, 0.25) is 0 Å². The lowest BCUT2D eigenvalue weighted by Crippen LogP contribution is -2.30. The van der Waals surface area contributed by atoms with Gasteiger partial charge in [-0.05, 0) is 42.3 Å². The SMILES string of the molecule is O=S(=O)(c1cc(F)ccc1F)N1CCc2ccc(F)cc21. The van der Waals surface area contributed by atoms with Crippen molar-refractivity contribution in [3.63, 3.8) is 0 Å². The Morgan fingerprint density at radius 3 is 2.38 bits per heavy atom. The van der Waals surface area contributed by atoms with Crippen molar-refractivity contribution in [2.75, 3.05) is 10.8 Å². The zero-order chi connectivity index (χ0) is 15.2. The molecule has 21 heavy (non-hydrogen) atoms. The third-order valence-electron chi connectivity index (χ3n) is 3.36. The minimum absolute atomic E-state index is 0.0665.